The van der Waals surface area contributed by atoms with Crippen LogP contribution in [0, 0.1) is 13.8 Å². The summed E-state index contributed by atoms with van der Waals surface area (Å²) >= 11 is 0. The van der Waals surface area contributed by atoms with Crippen molar-refractivity contribution in [1.29, 1.82) is 0 Å². The van der Waals surface area contributed by atoms with Gasteiger partial charge in [0.05, 0.1) is 0 Å². The van der Waals surface area contributed by atoms with E-state index < -0.39 is 0 Å². The minimum Gasteiger partial charge on any atom is -0.508 e. The van der Waals surface area contributed by atoms with Gasteiger partial charge in [-0.05, 0) is 43.0 Å². The van der Waals surface area contributed by atoms with E-state index in [-0.39, 0.29) is 5.41 Å². The molecule has 100 valence electrons. The van der Waals surface area contributed by atoms with Gasteiger partial charge in [0.15, 0.2) is 0 Å². The van der Waals surface area contributed by atoms with Crippen LogP contribution in [0.2, 0.25) is 0 Å². The van der Waals surface area contributed by atoms with Gasteiger partial charge in [-0.3, -0.25) is 0 Å². The molecule has 19 heavy (non-hydrogen) atoms. The Labute approximate surface area is 115 Å². The zero-order chi connectivity index (χ0) is 14.0. The molecule has 0 aromatic heterocycles. The van der Waals surface area contributed by atoms with Gasteiger partial charge in [0.2, 0.25) is 0 Å². The molecule has 2 rings (SSSR count). The number of phenolic OH excluding ortho intramolecular Hbond substituents is 1. The first-order valence-corrected chi connectivity index (χ1v) is 6.86. The number of benzene rings is 2. The van der Waals surface area contributed by atoms with Gasteiger partial charge >= 0.3 is 0 Å². The highest BCUT2D eigenvalue weighted by Gasteiger charge is 2.30. The second-order valence-corrected chi connectivity index (χ2v) is 5.45. The third kappa shape index (κ3) is 2.25. The standard InChI is InChI=1S/C18H22O/c1-5-18(4,16-10-6-7-12-17(16)19)15-11-8-9-13(2)14(15)3/h6-12,19H,5H2,1-4H3. The molecule has 0 spiro atoms. The van der Waals surface area contributed by atoms with E-state index >= 15 is 0 Å². The van der Waals surface area contributed by atoms with Crippen molar-refractivity contribution in [2.75, 3.05) is 0 Å². The molecule has 2 aromatic carbocycles. The maximum absolute atomic E-state index is 10.2. The largest absolute Gasteiger partial charge is 0.508 e. The van der Waals surface area contributed by atoms with Crippen molar-refractivity contribution in [2.24, 2.45) is 0 Å². The summed E-state index contributed by atoms with van der Waals surface area (Å²) in [7, 11) is 0. The van der Waals surface area contributed by atoms with Gasteiger partial charge in [0.1, 0.15) is 5.75 Å². The van der Waals surface area contributed by atoms with E-state index in [1.807, 2.05) is 18.2 Å². The predicted molar refractivity (Wildman–Crippen MR) is 80.8 cm³/mol. The van der Waals surface area contributed by atoms with E-state index in [0.29, 0.717) is 5.75 Å². The number of aromatic hydroxyl groups is 1. The molecule has 0 fully saturated rings. The molecule has 1 unspecified atom stereocenters. The highest BCUT2D eigenvalue weighted by atomic mass is 16.3. The van der Waals surface area contributed by atoms with Gasteiger partial charge in [0, 0.05) is 11.0 Å². The zero-order valence-electron chi connectivity index (χ0n) is 12.2. The average Bonchev–Trinajstić information content (AvgIpc) is 2.41. The van der Waals surface area contributed by atoms with Crippen LogP contribution in [-0.4, -0.2) is 5.11 Å². The SMILES string of the molecule is CCC(C)(c1ccccc1O)c1cccc(C)c1C. The molecule has 0 bridgehead atoms. The van der Waals surface area contributed by atoms with E-state index in [0.717, 1.165) is 12.0 Å². The maximum Gasteiger partial charge on any atom is 0.119 e. The Kier molecular flexibility index (Phi) is 3.66. The molecule has 0 aliphatic carbocycles. The molecule has 0 amide bonds. The molecule has 1 heteroatoms. The van der Waals surface area contributed by atoms with Crippen LogP contribution in [0.25, 0.3) is 0 Å². The lowest BCUT2D eigenvalue weighted by Crippen LogP contribution is -2.24. The Morgan fingerprint density at radius 1 is 0.947 bits per heavy atom. The topological polar surface area (TPSA) is 20.2 Å². The van der Waals surface area contributed by atoms with E-state index in [1.165, 1.54) is 16.7 Å². The van der Waals surface area contributed by atoms with Crippen LogP contribution < -0.4 is 0 Å². The van der Waals surface area contributed by atoms with E-state index in [2.05, 4.69) is 45.9 Å². The highest BCUT2D eigenvalue weighted by Crippen LogP contribution is 2.41. The molecule has 1 N–H and O–H groups in total. The minimum absolute atomic E-state index is 0.151. The van der Waals surface area contributed by atoms with Crippen molar-refractivity contribution in [1.82, 2.24) is 0 Å². The van der Waals surface area contributed by atoms with Crippen LogP contribution in [0.15, 0.2) is 42.5 Å². The Morgan fingerprint density at radius 3 is 2.21 bits per heavy atom. The van der Waals surface area contributed by atoms with Crippen molar-refractivity contribution >= 4 is 0 Å². The summed E-state index contributed by atoms with van der Waals surface area (Å²) in [5, 5.41) is 10.2. The minimum atomic E-state index is -0.151. The second-order valence-electron chi connectivity index (χ2n) is 5.45. The van der Waals surface area contributed by atoms with E-state index in [4.69, 9.17) is 0 Å². The zero-order valence-corrected chi connectivity index (χ0v) is 12.2. The van der Waals surface area contributed by atoms with E-state index in [1.54, 1.807) is 6.07 Å². The quantitative estimate of drug-likeness (QED) is 0.840. The summed E-state index contributed by atoms with van der Waals surface area (Å²) in [4.78, 5) is 0. The lowest BCUT2D eigenvalue weighted by Gasteiger charge is -2.32. The summed E-state index contributed by atoms with van der Waals surface area (Å²) in [6.07, 6.45) is 0.953. The first-order valence-electron chi connectivity index (χ1n) is 6.86. The van der Waals surface area contributed by atoms with E-state index in [9.17, 15) is 5.11 Å². The lowest BCUT2D eigenvalue weighted by atomic mass is 9.72. The van der Waals surface area contributed by atoms with Gasteiger partial charge in [-0.1, -0.05) is 50.2 Å². The fraction of sp³-hybridized carbons (Fsp3) is 0.333. The summed E-state index contributed by atoms with van der Waals surface area (Å²) in [5.74, 6) is 0.382. The smallest absolute Gasteiger partial charge is 0.119 e. The molecule has 0 aliphatic heterocycles. The Hall–Kier alpha value is -1.76. The van der Waals surface area contributed by atoms with Crippen LogP contribution in [0.5, 0.6) is 5.75 Å². The van der Waals surface area contributed by atoms with Crippen molar-refractivity contribution in [2.45, 2.75) is 39.5 Å². The van der Waals surface area contributed by atoms with Crippen LogP contribution in [0.4, 0.5) is 0 Å². The Bertz CT molecular complexity index is 586. The summed E-state index contributed by atoms with van der Waals surface area (Å²) in [6, 6.07) is 14.1. The van der Waals surface area contributed by atoms with Gasteiger partial charge < -0.3 is 5.11 Å². The number of rotatable bonds is 3. The number of hydrogen-bond donors (Lipinski definition) is 1. The molecule has 0 saturated heterocycles. The molecule has 0 saturated carbocycles. The summed E-state index contributed by atoms with van der Waals surface area (Å²) < 4.78 is 0. The fourth-order valence-corrected chi connectivity index (χ4v) is 2.82. The van der Waals surface area contributed by atoms with Gasteiger partial charge in [-0.2, -0.15) is 0 Å². The highest BCUT2D eigenvalue weighted by molar-refractivity contribution is 5.49. The van der Waals surface area contributed by atoms with Crippen molar-refractivity contribution < 1.29 is 5.11 Å². The molecular formula is C18H22O. The van der Waals surface area contributed by atoms with Crippen molar-refractivity contribution in [3.63, 3.8) is 0 Å². The van der Waals surface area contributed by atoms with Crippen LogP contribution >= 0.6 is 0 Å². The Morgan fingerprint density at radius 2 is 1.58 bits per heavy atom. The third-order valence-corrected chi connectivity index (χ3v) is 4.40. The third-order valence-electron chi connectivity index (χ3n) is 4.40. The molecule has 0 heterocycles. The summed E-state index contributed by atoms with van der Waals surface area (Å²) in [5.41, 5.74) is 4.77. The summed E-state index contributed by atoms with van der Waals surface area (Å²) in [6.45, 7) is 8.69. The Balaban J connectivity index is 2.67. The molecule has 0 radical (unpaired) electrons. The molecule has 1 atom stereocenters. The predicted octanol–water partition coefficient (Wildman–Crippen LogP) is 4.73. The van der Waals surface area contributed by atoms with Gasteiger partial charge in [-0.25, -0.2) is 0 Å². The van der Waals surface area contributed by atoms with Crippen molar-refractivity contribution in [3.05, 3.63) is 64.7 Å². The number of phenols is 1. The molecular weight excluding hydrogens is 232 g/mol. The number of hydrogen-bond acceptors (Lipinski definition) is 1. The van der Waals surface area contributed by atoms with Crippen molar-refractivity contribution in [3.8, 4) is 5.75 Å². The monoisotopic (exact) mass is 254 g/mol. The normalized spacial score (nSPS) is 14.1. The lowest BCUT2D eigenvalue weighted by molar-refractivity contribution is 0.440. The second kappa shape index (κ2) is 5.08. The van der Waals surface area contributed by atoms with Crippen LogP contribution in [-0.2, 0) is 5.41 Å². The fourth-order valence-electron chi connectivity index (χ4n) is 2.82. The number of para-hydroxylation sites is 1. The molecule has 0 aliphatic rings. The van der Waals surface area contributed by atoms with Gasteiger partial charge in [0.25, 0.3) is 0 Å². The average molecular weight is 254 g/mol. The first-order chi connectivity index (χ1) is 9.00. The van der Waals surface area contributed by atoms with Crippen LogP contribution in [0.1, 0.15) is 42.5 Å². The van der Waals surface area contributed by atoms with Gasteiger partial charge in [-0.15, -0.1) is 0 Å². The molecule has 1 nitrogen and oxygen atoms in total. The number of aryl methyl sites for hydroxylation is 1. The molecule has 2 aromatic rings. The maximum atomic E-state index is 10.2. The first kappa shape index (κ1) is 13.7. The van der Waals surface area contributed by atoms with Crippen LogP contribution in [0.3, 0.4) is 0 Å².